The Labute approximate surface area is 114 Å². The summed E-state index contributed by atoms with van der Waals surface area (Å²) in [6, 6.07) is 1.15. The SMILES string of the molecule is CC(C)C(CCO)NC1CCC(C(C)(C)C)CC1. The molecule has 0 amide bonds. The van der Waals surface area contributed by atoms with Crippen molar-refractivity contribution >= 4 is 0 Å². The van der Waals surface area contributed by atoms with Crippen LogP contribution < -0.4 is 5.32 Å². The number of nitrogens with one attached hydrogen (secondary N) is 1. The molecule has 0 radical (unpaired) electrons. The van der Waals surface area contributed by atoms with Gasteiger partial charge in [-0.2, -0.15) is 0 Å². The molecule has 0 aliphatic heterocycles. The van der Waals surface area contributed by atoms with E-state index in [1.807, 2.05) is 0 Å². The Morgan fingerprint density at radius 1 is 1.11 bits per heavy atom. The van der Waals surface area contributed by atoms with Crippen LogP contribution in [0.3, 0.4) is 0 Å². The molecule has 18 heavy (non-hydrogen) atoms. The predicted molar refractivity (Wildman–Crippen MR) is 78.7 cm³/mol. The fourth-order valence-electron chi connectivity index (χ4n) is 3.18. The third-order valence-corrected chi connectivity index (χ3v) is 4.65. The van der Waals surface area contributed by atoms with Crippen LogP contribution in [0.1, 0.15) is 66.7 Å². The molecule has 1 fully saturated rings. The third kappa shape index (κ3) is 4.89. The van der Waals surface area contributed by atoms with Crippen molar-refractivity contribution in [2.45, 2.75) is 78.8 Å². The maximum absolute atomic E-state index is 9.12. The van der Waals surface area contributed by atoms with Gasteiger partial charge < -0.3 is 10.4 Å². The summed E-state index contributed by atoms with van der Waals surface area (Å²) in [5.41, 5.74) is 0.466. The first kappa shape index (κ1) is 16.0. The maximum Gasteiger partial charge on any atom is 0.0445 e. The van der Waals surface area contributed by atoms with E-state index < -0.39 is 0 Å². The molecule has 0 aromatic heterocycles. The Kier molecular flexibility index (Phi) is 6.13. The highest BCUT2D eigenvalue weighted by atomic mass is 16.3. The van der Waals surface area contributed by atoms with Crippen molar-refractivity contribution in [2.24, 2.45) is 17.3 Å². The lowest BCUT2D eigenvalue weighted by Gasteiger charge is -2.39. The van der Waals surface area contributed by atoms with Crippen molar-refractivity contribution in [3.63, 3.8) is 0 Å². The van der Waals surface area contributed by atoms with Gasteiger partial charge in [-0.3, -0.25) is 0 Å². The lowest BCUT2D eigenvalue weighted by atomic mass is 9.71. The molecule has 1 atom stereocenters. The van der Waals surface area contributed by atoms with Crippen LogP contribution >= 0.6 is 0 Å². The van der Waals surface area contributed by atoms with Crippen LogP contribution in [-0.4, -0.2) is 23.8 Å². The highest BCUT2D eigenvalue weighted by Gasteiger charge is 2.30. The van der Waals surface area contributed by atoms with E-state index in [4.69, 9.17) is 5.11 Å². The van der Waals surface area contributed by atoms with Crippen molar-refractivity contribution in [1.82, 2.24) is 5.32 Å². The highest BCUT2D eigenvalue weighted by molar-refractivity contribution is 4.85. The Bertz CT molecular complexity index is 224. The standard InChI is InChI=1S/C16H33NO/c1-12(2)15(10-11-18)17-14-8-6-13(7-9-14)16(3,4)5/h12-15,17-18H,6-11H2,1-5H3. The maximum atomic E-state index is 9.12. The minimum Gasteiger partial charge on any atom is -0.396 e. The smallest absolute Gasteiger partial charge is 0.0445 e. The Morgan fingerprint density at radius 2 is 1.67 bits per heavy atom. The number of aliphatic hydroxyl groups excluding tert-OH is 1. The molecule has 0 heterocycles. The summed E-state index contributed by atoms with van der Waals surface area (Å²) in [4.78, 5) is 0. The van der Waals surface area contributed by atoms with E-state index in [0.29, 0.717) is 30.0 Å². The van der Waals surface area contributed by atoms with Crippen LogP contribution in [0.5, 0.6) is 0 Å². The lowest BCUT2D eigenvalue weighted by Crippen LogP contribution is -2.44. The van der Waals surface area contributed by atoms with E-state index >= 15 is 0 Å². The Balaban J connectivity index is 2.38. The van der Waals surface area contributed by atoms with Crippen LogP contribution in [0.4, 0.5) is 0 Å². The third-order valence-electron chi connectivity index (χ3n) is 4.65. The van der Waals surface area contributed by atoms with E-state index in [1.165, 1.54) is 25.7 Å². The molecular formula is C16H33NO. The molecular weight excluding hydrogens is 222 g/mol. The summed E-state index contributed by atoms with van der Waals surface area (Å²) in [7, 11) is 0. The number of hydrogen-bond donors (Lipinski definition) is 2. The molecule has 2 heteroatoms. The summed E-state index contributed by atoms with van der Waals surface area (Å²) < 4.78 is 0. The first-order chi connectivity index (χ1) is 8.34. The second-order valence-corrected chi connectivity index (χ2v) is 7.44. The molecule has 0 bridgehead atoms. The molecule has 108 valence electrons. The summed E-state index contributed by atoms with van der Waals surface area (Å²) >= 11 is 0. The summed E-state index contributed by atoms with van der Waals surface area (Å²) in [5.74, 6) is 1.49. The van der Waals surface area contributed by atoms with Gasteiger partial charge in [0.15, 0.2) is 0 Å². The quantitative estimate of drug-likeness (QED) is 0.787. The molecule has 0 saturated heterocycles. The lowest BCUT2D eigenvalue weighted by molar-refractivity contribution is 0.147. The molecule has 0 aromatic rings. The van der Waals surface area contributed by atoms with Gasteiger partial charge in [0.2, 0.25) is 0 Å². The first-order valence-electron chi connectivity index (χ1n) is 7.71. The molecule has 1 unspecified atom stereocenters. The van der Waals surface area contributed by atoms with Crippen molar-refractivity contribution in [3.8, 4) is 0 Å². The topological polar surface area (TPSA) is 32.3 Å². The van der Waals surface area contributed by atoms with Gasteiger partial charge in [0.1, 0.15) is 0 Å². The molecule has 1 aliphatic rings. The minimum atomic E-state index is 0.299. The molecule has 1 aliphatic carbocycles. The van der Waals surface area contributed by atoms with Gasteiger partial charge in [0.25, 0.3) is 0 Å². The fraction of sp³-hybridized carbons (Fsp3) is 1.00. The van der Waals surface area contributed by atoms with E-state index in [2.05, 4.69) is 39.9 Å². The van der Waals surface area contributed by atoms with E-state index in [9.17, 15) is 0 Å². The van der Waals surface area contributed by atoms with Crippen molar-refractivity contribution in [1.29, 1.82) is 0 Å². The van der Waals surface area contributed by atoms with E-state index in [0.717, 1.165) is 12.3 Å². The highest BCUT2D eigenvalue weighted by Crippen LogP contribution is 2.37. The molecule has 2 nitrogen and oxygen atoms in total. The van der Waals surface area contributed by atoms with Crippen LogP contribution in [0.2, 0.25) is 0 Å². The average molecular weight is 255 g/mol. The molecule has 2 N–H and O–H groups in total. The number of aliphatic hydroxyl groups is 1. The monoisotopic (exact) mass is 255 g/mol. The van der Waals surface area contributed by atoms with Gasteiger partial charge in [-0.1, -0.05) is 34.6 Å². The van der Waals surface area contributed by atoms with Crippen LogP contribution in [-0.2, 0) is 0 Å². The molecule has 1 rings (SSSR count). The first-order valence-corrected chi connectivity index (χ1v) is 7.71. The Hall–Kier alpha value is -0.0800. The zero-order chi connectivity index (χ0) is 13.8. The second kappa shape index (κ2) is 6.91. The van der Waals surface area contributed by atoms with Gasteiger partial charge in [0.05, 0.1) is 0 Å². The van der Waals surface area contributed by atoms with Gasteiger partial charge in [-0.15, -0.1) is 0 Å². The molecule has 1 saturated carbocycles. The zero-order valence-electron chi connectivity index (χ0n) is 13.0. The van der Waals surface area contributed by atoms with Crippen LogP contribution in [0.15, 0.2) is 0 Å². The van der Waals surface area contributed by atoms with Crippen LogP contribution in [0, 0.1) is 17.3 Å². The number of rotatable bonds is 5. The van der Waals surface area contributed by atoms with Gasteiger partial charge in [-0.05, 0) is 49.4 Å². The van der Waals surface area contributed by atoms with E-state index in [1.54, 1.807) is 0 Å². The normalized spacial score (nSPS) is 27.5. The van der Waals surface area contributed by atoms with Crippen molar-refractivity contribution in [3.05, 3.63) is 0 Å². The molecule has 0 spiro atoms. The number of hydrogen-bond acceptors (Lipinski definition) is 2. The van der Waals surface area contributed by atoms with E-state index in [-0.39, 0.29) is 0 Å². The largest absolute Gasteiger partial charge is 0.396 e. The van der Waals surface area contributed by atoms with Crippen molar-refractivity contribution in [2.75, 3.05) is 6.61 Å². The fourth-order valence-corrected chi connectivity index (χ4v) is 3.18. The molecule has 0 aromatic carbocycles. The average Bonchev–Trinajstić information content (AvgIpc) is 2.28. The van der Waals surface area contributed by atoms with Crippen LogP contribution in [0.25, 0.3) is 0 Å². The van der Waals surface area contributed by atoms with Gasteiger partial charge >= 0.3 is 0 Å². The summed E-state index contributed by atoms with van der Waals surface area (Å²) in [6.07, 6.45) is 6.19. The summed E-state index contributed by atoms with van der Waals surface area (Å²) in [5, 5.41) is 12.9. The zero-order valence-corrected chi connectivity index (χ0v) is 13.0. The predicted octanol–water partition coefficient (Wildman–Crippen LogP) is 3.59. The second-order valence-electron chi connectivity index (χ2n) is 7.44. The van der Waals surface area contributed by atoms with Gasteiger partial charge in [-0.25, -0.2) is 0 Å². The minimum absolute atomic E-state index is 0.299. The van der Waals surface area contributed by atoms with Crippen molar-refractivity contribution < 1.29 is 5.11 Å². The van der Waals surface area contributed by atoms with Gasteiger partial charge in [0, 0.05) is 18.7 Å². The summed E-state index contributed by atoms with van der Waals surface area (Å²) in [6.45, 7) is 11.9. The Morgan fingerprint density at radius 3 is 2.06 bits per heavy atom.